The third-order valence-corrected chi connectivity index (χ3v) is 6.44. The number of unbranched alkanes of at least 4 members (excludes halogenated alkanes) is 3. The van der Waals surface area contributed by atoms with E-state index in [2.05, 4.69) is 20.8 Å². The second kappa shape index (κ2) is 10.1. The van der Waals surface area contributed by atoms with E-state index in [9.17, 15) is 9.50 Å². The zero-order valence-electron chi connectivity index (χ0n) is 16.1. The van der Waals surface area contributed by atoms with E-state index < -0.39 is 12.3 Å². The molecule has 1 N–H and O–H groups in total. The molecule has 0 aromatic carbocycles. The van der Waals surface area contributed by atoms with Crippen molar-refractivity contribution in [2.45, 2.75) is 116 Å². The molecule has 3 heteroatoms. The van der Waals surface area contributed by atoms with Crippen molar-refractivity contribution in [2.24, 2.45) is 17.8 Å². The van der Waals surface area contributed by atoms with Gasteiger partial charge in [-0.05, 0) is 56.3 Å². The highest BCUT2D eigenvalue weighted by Gasteiger charge is 2.47. The lowest BCUT2D eigenvalue weighted by molar-refractivity contribution is 0.0323. The monoisotopic (exact) mass is 342 g/mol. The van der Waals surface area contributed by atoms with Gasteiger partial charge in [0.05, 0.1) is 18.3 Å². The van der Waals surface area contributed by atoms with E-state index in [0.717, 1.165) is 25.7 Å². The lowest BCUT2D eigenvalue weighted by atomic mass is 9.82. The minimum Gasteiger partial charge on any atom is -0.390 e. The molecule has 0 unspecified atom stereocenters. The van der Waals surface area contributed by atoms with Crippen molar-refractivity contribution in [1.29, 1.82) is 0 Å². The van der Waals surface area contributed by atoms with Gasteiger partial charge in [-0.2, -0.15) is 0 Å². The largest absolute Gasteiger partial charge is 0.390 e. The average Bonchev–Trinajstić information content (AvgIpc) is 3.07. The molecule has 7 atom stereocenters. The van der Waals surface area contributed by atoms with Crippen molar-refractivity contribution in [3.63, 3.8) is 0 Å². The summed E-state index contributed by atoms with van der Waals surface area (Å²) in [6.45, 7) is 6.62. The molecule has 1 saturated heterocycles. The van der Waals surface area contributed by atoms with Gasteiger partial charge in [-0.25, -0.2) is 4.39 Å². The van der Waals surface area contributed by atoms with Crippen molar-refractivity contribution in [3.8, 4) is 0 Å². The molecule has 2 rings (SSSR count). The van der Waals surface area contributed by atoms with E-state index in [-0.39, 0.29) is 0 Å². The maximum atomic E-state index is 14.0. The third kappa shape index (κ3) is 5.42. The maximum Gasteiger partial charge on any atom is 0.126 e. The van der Waals surface area contributed by atoms with E-state index >= 15 is 0 Å². The highest BCUT2D eigenvalue weighted by Crippen LogP contribution is 2.49. The Hall–Kier alpha value is -0.150. The lowest BCUT2D eigenvalue weighted by Gasteiger charge is -2.24. The van der Waals surface area contributed by atoms with Crippen LogP contribution in [-0.2, 0) is 4.74 Å². The molecule has 0 radical (unpaired) electrons. The van der Waals surface area contributed by atoms with Crippen LogP contribution in [0, 0.1) is 17.8 Å². The third-order valence-electron chi connectivity index (χ3n) is 6.44. The molecule has 142 valence electrons. The number of hydrogen-bond acceptors (Lipinski definition) is 2. The van der Waals surface area contributed by atoms with E-state index in [4.69, 9.17) is 4.74 Å². The summed E-state index contributed by atoms with van der Waals surface area (Å²) < 4.78 is 20.3. The molecule has 0 spiro atoms. The number of hydrogen-bond donors (Lipinski definition) is 1. The molecule has 2 fully saturated rings. The van der Waals surface area contributed by atoms with Gasteiger partial charge in [0.25, 0.3) is 0 Å². The normalized spacial score (nSPS) is 35.1. The summed E-state index contributed by atoms with van der Waals surface area (Å²) in [6, 6.07) is 0. The Morgan fingerprint density at radius 1 is 1.04 bits per heavy atom. The highest BCUT2D eigenvalue weighted by atomic mass is 19.1. The lowest BCUT2D eigenvalue weighted by Crippen LogP contribution is -2.25. The second-order valence-corrected chi connectivity index (χ2v) is 8.37. The van der Waals surface area contributed by atoms with Crippen molar-refractivity contribution in [2.75, 3.05) is 0 Å². The second-order valence-electron chi connectivity index (χ2n) is 8.37. The number of fused-ring (bicyclic) bond motifs is 1. The summed E-state index contributed by atoms with van der Waals surface area (Å²) in [5.41, 5.74) is 0. The Bertz CT molecular complexity index is 349. The van der Waals surface area contributed by atoms with Crippen LogP contribution in [0.1, 0.15) is 91.4 Å². The molecule has 1 aliphatic heterocycles. The molecule has 0 bridgehead atoms. The van der Waals surface area contributed by atoms with Crippen molar-refractivity contribution in [3.05, 3.63) is 0 Å². The molecule has 24 heavy (non-hydrogen) atoms. The average molecular weight is 343 g/mol. The molecule has 1 saturated carbocycles. The topological polar surface area (TPSA) is 29.5 Å². The Labute approximate surface area is 148 Å². The number of rotatable bonds is 11. The minimum absolute atomic E-state index is 0.426. The maximum absolute atomic E-state index is 14.0. The Balaban J connectivity index is 1.76. The van der Waals surface area contributed by atoms with Gasteiger partial charge in [0.2, 0.25) is 0 Å². The molecular weight excluding hydrogens is 303 g/mol. The molecule has 1 heterocycles. The van der Waals surface area contributed by atoms with E-state index in [1.165, 1.54) is 32.1 Å². The van der Waals surface area contributed by atoms with Crippen LogP contribution < -0.4 is 0 Å². The van der Waals surface area contributed by atoms with Crippen molar-refractivity contribution < 1.29 is 14.2 Å². The quantitative estimate of drug-likeness (QED) is 0.490. The van der Waals surface area contributed by atoms with Crippen LogP contribution in [0.3, 0.4) is 0 Å². The fourth-order valence-corrected chi connectivity index (χ4v) is 4.95. The smallest absolute Gasteiger partial charge is 0.126 e. The number of aliphatic hydroxyl groups is 1. The molecule has 0 aromatic rings. The summed E-state index contributed by atoms with van der Waals surface area (Å²) >= 11 is 0. The number of ether oxygens (including phenoxy) is 1. The summed E-state index contributed by atoms with van der Waals surface area (Å²) in [6.07, 6.45) is 10.4. The van der Waals surface area contributed by atoms with Gasteiger partial charge in [-0.15, -0.1) is 0 Å². The van der Waals surface area contributed by atoms with Gasteiger partial charge in [0, 0.05) is 0 Å². The van der Waals surface area contributed by atoms with Crippen LogP contribution in [0.15, 0.2) is 0 Å². The van der Waals surface area contributed by atoms with Crippen molar-refractivity contribution in [1.82, 2.24) is 0 Å². The first-order chi connectivity index (χ1) is 11.6. The molecule has 0 aromatic heterocycles. The van der Waals surface area contributed by atoms with Crippen molar-refractivity contribution >= 4 is 0 Å². The molecule has 1 aliphatic carbocycles. The summed E-state index contributed by atoms with van der Waals surface area (Å²) in [5, 5.41) is 10.1. The van der Waals surface area contributed by atoms with Gasteiger partial charge >= 0.3 is 0 Å². The Kier molecular flexibility index (Phi) is 8.49. The number of halogens is 1. The van der Waals surface area contributed by atoms with Crippen LogP contribution in [0.4, 0.5) is 4.39 Å². The van der Waals surface area contributed by atoms with Crippen LogP contribution in [0.5, 0.6) is 0 Å². The van der Waals surface area contributed by atoms with Gasteiger partial charge in [-0.1, -0.05) is 52.9 Å². The summed E-state index contributed by atoms with van der Waals surface area (Å²) in [7, 11) is 0. The first kappa shape index (κ1) is 20.2. The molecule has 0 amide bonds. The summed E-state index contributed by atoms with van der Waals surface area (Å²) in [4.78, 5) is 0. The van der Waals surface area contributed by atoms with Gasteiger partial charge < -0.3 is 9.84 Å². The van der Waals surface area contributed by atoms with Gasteiger partial charge in [0.15, 0.2) is 0 Å². The zero-order valence-corrected chi connectivity index (χ0v) is 16.1. The van der Waals surface area contributed by atoms with Crippen LogP contribution in [-0.4, -0.2) is 29.6 Å². The predicted octanol–water partition coefficient (Wildman–Crippen LogP) is 5.67. The fraction of sp³-hybridized carbons (Fsp3) is 1.00. The molecule has 2 nitrogen and oxygen atoms in total. The first-order valence-electron chi connectivity index (χ1n) is 10.5. The zero-order chi connectivity index (χ0) is 17.5. The minimum atomic E-state index is -1.04. The van der Waals surface area contributed by atoms with E-state index in [1.54, 1.807) is 0 Å². The van der Waals surface area contributed by atoms with Gasteiger partial charge in [-0.3, -0.25) is 0 Å². The van der Waals surface area contributed by atoms with E-state index in [1.807, 2.05) is 0 Å². The van der Waals surface area contributed by atoms with Crippen LogP contribution >= 0.6 is 0 Å². The highest BCUT2D eigenvalue weighted by molar-refractivity contribution is 4.96. The Morgan fingerprint density at radius 2 is 1.79 bits per heavy atom. The first-order valence-corrected chi connectivity index (χ1v) is 10.5. The van der Waals surface area contributed by atoms with Gasteiger partial charge in [0.1, 0.15) is 6.17 Å². The SMILES string of the molecule is CCCCC[C@H]1C[C@@H]2[C@@H](CC[C@@H](O)[C@H](F)CCCC)[C@H](C)C[C@@H]2O1. The van der Waals surface area contributed by atoms with Crippen LogP contribution in [0.2, 0.25) is 0 Å². The fourth-order valence-electron chi connectivity index (χ4n) is 4.95. The number of alkyl halides is 1. The van der Waals surface area contributed by atoms with Crippen LogP contribution in [0.25, 0.3) is 0 Å². The Morgan fingerprint density at radius 3 is 2.50 bits per heavy atom. The molecule has 2 aliphatic rings. The standard InChI is InChI=1S/C21H39FO2/c1-4-6-8-9-16-14-18-17(15(3)13-21(18)24-16)11-12-20(23)19(22)10-7-5-2/h15-21,23H,4-14H2,1-3H3/t15-,16+,17+,18-,19-,20-,21+/m1/s1. The summed E-state index contributed by atoms with van der Waals surface area (Å²) in [5.74, 6) is 1.91. The predicted molar refractivity (Wildman–Crippen MR) is 97.8 cm³/mol. The molecular formula is C21H39FO2. The number of aliphatic hydroxyl groups excluding tert-OH is 1. The van der Waals surface area contributed by atoms with E-state index in [0.29, 0.717) is 42.8 Å².